The molecule has 0 saturated carbocycles. The molecule has 1 unspecified atom stereocenters. The zero-order valence-corrected chi connectivity index (χ0v) is 12.9. The molecular weight excluding hydrogens is 343 g/mol. The van der Waals surface area contributed by atoms with E-state index in [0.717, 1.165) is 12.0 Å². The van der Waals surface area contributed by atoms with Crippen LogP contribution in [0.25, 0.3) is 0 Å². The lowest BCUT2D eigenvalue weighted by Crippen LogP contribution is -2.24. The number of hydrogen-bond donors (Lipinski definition) is 1. The van der Waals surface area contributed by atoms with Crippen molar-refractivity contribution < 1.29 is 13.2 Å². The Balaban J connectivity index is 2.79. The maximum Gasteiger partial charge on any atom is 0.389 e. The van der Waals surface area contributed by atoms with Crippen molar-refractivity contribution in [3.63, 3.8) is 0 Å². The van der Waals surface area contributed by atoms with E-state index in [2.05, 4.69) is 21.2 Å². The molecule has 0 aliphatic carbocycles. The summed E-state index contributed by atoms with van der Waals surface area (Å²) in [7, 11) is 0. The van der Waals surface area contributed by atoms with Crippen LogP contribution in [0.3, 0.4) is 0 Å². The molecule has 0 fully saturated rings. The predicted molar refractivity (Wildman–Crippen MR) is 75.5 cm³/mol. The maximum atomic E-state index is 12.3. The summed E-state index contributed by atoms with van der Waals surface area (Å²) in [5.74, 6) is 0. The summed E-state index contributed by atoms with van der Waals surface area (Å²) in [6, 6.07) is 4.91. The summed E-state index contributed by atoms with van der Waals surface area (Å²) < 4.78 is 37.7. The van der Waals surface area contributed by atoms with E-state index >= 15 is 0 Å². The SMILES string of the molecule is CCCNC(CCC(F)(F)F)c1ccc(Cl)c(Br)c1. The number of alkyl halides is 3. The van der Waals surface area contributed by atoms with Crippen LogP contribution in [-0.4, -0.2) is 12.7 Å². The van der Waals surface area contributed by atoms with E-state index in [9.17, 15) is 13.2 Å². The number of benzene rings is 1. The van der Waals surface area contributed by atoms with Gasteiger partial charge in [-0.25, -0.2) is 0 Å². The molecule has 1 nitrogen and oxygen atoms in total. The fourth-order valence-corrected chi connectivity index (χ4v) is 2.26. The van der Waals surface area contributed by atoms with Crippen molar-refractivity contribution in [3.05, 3.63) is 33.3 Å². The van der Waals surface area contributed by atoms with Crippen molar-refractivity contribution in [1.82, 2.24) is 5.32 Å². The minimum absolute atomic E-state index is 0.0254. The number of hydrogen-bond acceptors (Lipinski definition) is 1. The summed E-state index contributed by atoms with van der Waals surface area (Å²) in [5.41, 5.74) is 0.814. The molecule has 0 heterocycles. The molecule has 1 aromatic rings. The highest BCUT2D eigenvalue weighted by Crippen LogP contribution is 2.31. The number of halogens is 5. The first-order valence-electron chi connectivity index (χ1n) is 6.08. The van der Waals surface area contributed by atoms with Gasteiger partial charge in [0.1, 0.15) is 0 Å². The zero-order chi connectivity index (χ0) is 14.5. The molecule has 0 radical (unpaired) electrons. The number of rotatable bonds is 6. The summed E-state index contributed by atoms with van der Waals surface area (Å²) in [5, 5.41) is 3.69. The van der Waals surface area contributed by atoms with E-state index in [1.807, 2.05) is 6.92 Å². The average molecular weight is 359 g/mol. The smallest absolute Gasteiger partial charge is 0.310 e. The second kappa shape index (κ2) is 7.50. The van der Waals surface area contributed by atoms with Crippen LogP contribution in [0, 0.1) is 0 Å². The molecule has 108 valence electrons. The molecule has 1 aromatic carbocycles. The van der Waals surface area contributed by atoms with Crippen molar-refractivity contribution in [2.45, 2.75) is 38.4 Å². The first-order valence-corrected chi connectivity index (χ1v) is 7.25. The van der Waals surface area contributed by atoms with Crippen molar-refractivity contribution >= 4 is 27.5 Å². The molecule has 0 spiro atoms. The molecule has 19 heavy (non-hydrogen) atoms. The highest BCUT2D eigenvalue weighted by molar-refractivity contribution is 9.10. The van der Waals surface area contributed by atoms with E-state index < -0.39 is 12.6 Å². The predicted octanol–water partition coefficient (Wildman–Crippen LogP) is 5.49. The Labute approximate surface area is 124 Å². The summed E-state index contributed by atoms with van der Waals surface area (Å²) in [6.45, 7) is 2.66. The van der Waals surface area contributed by atoms with E-state index in [0.29, 0.717) is 16.0 Å². The Hall–Kier alpha value is -0.260. The van der Waals surface area contributed by atoms with E-state index in [1.165, 1.54) is 0 Å². The highest BCUT2D eigenvalue weighted by atomic mass is 79.9. The molecule has 0 amide bonds. The maximum absolute atomic E-state index is 12.3. The van der Waals surface area contributed by atoms with Gasteiger partial charge in [0, 0.05) is 16.9 Å². The van der Waals surface area contributed by atoms with E-state index in [-0.39, 0.29) is 12.5 Å². The van der Waals surface area contributed by atoms with Crippen LogP contribution in [0.15, 0.2) is 22.7 Å². The van der Waals surface area contributed by atoms with Gasteiger partial charge in [-0.05, 0) is 53.0 Å². The fraction of sp³-hybridized carbons (Fsp3) is 0.538. The normalized spacial score (nSPS) is 13.6. The highest BCUT2D eigenvalue weighted by Gasteiger charge is 2.28. The molecule has 0 aromatic heterocycles. The first kappa shape index (κ1) is 16.8. The van der Waals surface area contributed by atoms with Gasteiger partial charge in [-0.1, -0.05) is 24.6 Å². The summed E-state index contributed by atoms with van der Waals surface area (Å²) in [6.07, 6.45) is -4.03. The van der Waals surface area contributed by atoms with Gasteiger partial charge in [-0.3, -0.25) is 0 Å². The van der Waals surface area contributed by atoms with Crippen LogP contribution in [0.4, 0.5) is 13.2 Å². The third-order valence-electron chi connectivity index (χ3n) is 2.70. The van der Waals surface area contributed by atoms with Crippen molar-refractivity contribution in [2.75, 3.05) is 6.54 Å². The monoisotopic (exact) mass is 357 g/mol. The Kier molecular flexibility index (Phi) is 6.63. The van der Waals surface area contributed by atoms with Crippen LogP contribution in [-0.2, 0) is 0 Å². The molecule has 1 atom stereocenters. The fourth-order valence-electron chi connectivity index (χ4n) is 1.74. The lowest BCUT2D eigenvalue weighted by atomic mass is 10.0. The topological polar surface area (TPSA) is 12.0 Å². The van der Waals surface area contributed by atoms with Gasteiger partial charge in [0.2, 0.25) is 0 Å². The lowest BCUT2D eigenvalue weighted by Gasteiger charge is -2.20. The molecule has 1 rings (SSSR count). The quantitative estimate of drug-likeness (QED) is 0.709. The van der Waals surface area contributed by atoms with Crippen molar-refractivity contribution in [2.24, 2.45) is 0 Å². The van der Waals surface area contributed by atoms with Crippen LogP contribution < -0.4 is 5.32 Å². The molecule has 1 N–H and O–H groups in total. The minimum Gasteiger partial charge on any atom is -0.310 e. The van der Waals surface area contributed by atoms with Gasteiger partial charge in [-0.2, -0.15) is 13.2 Å². The van der Waals surface area contributed by atoms with Crippen LogP contribution in [0.2, 0.25) is 5.02 Å². The Morgan fingerprint density at radius 2 is 2.05 bits per heavy atom. The molecular formula is C13H16BrClF3N. The zero-order valence-electron chi connectivity index (χ0n) is 10.5. The summed E-state index contributed by atoms with van der Waals surface area (Å²) >= 11 is 9.18. The van der Waals surface area contributed by atoms with Crippen LogP contribution in [0.5, 0.6) is 0 Å². The van der Waals surface area contributed by atoms with Gasteiger partial charge in [0.25, 0.3) is 0 Å². The van der Waals surface area contributed by atoms with E-state index in [1.54, 1.807) is 18.2 Å². The molecule has 0 aliphatic heterocycles. The second-order valence-corrected chi connectivity index (χ2v) is 5.60. The first-order chi connectivity index (χ1) is 8.83. The molecule has 0 bridgehead atoms. The lowest BCUT2D eigenvalue weighted by molar-refractivity contribution is -0.136. The Bertz CT molecular complexity index is 409. The third kappa shape index (κ3) is 6.15. The minimum atomic E-state index is -4.13. The van der Waals surface area contributed by atoms with Gasteiger partial charge >= 0.3 is 6.18 Å². The largest absolute Gasteiger partial charge is 0.389 e. The average Bonchev–Trinajstić information content (AvgIpc) is 2.32. The number of nitrogens with one attached hydrogen (secondary N) is 1. The van der Waals surface area contributed by atoms with Gasteiger partial charge in [0.15, 0.2) is 0 Å². The van der Waals surface area contributed by atoms with Gasteiger partial charge in [0.05, 0.1) is 5.02 Å². The van der Waals surface area contributed by atoms with Crippen LogP contribution >= 0.6 is 27.5 Å². The second-order valence-electron chi connectivity index (χ2n) is 4.33. The van der Waals surface area contributed by atoms with Crippen molar-refractivity contribution in [1.29, 1.82) is 0 Å². The summed E-state index contributed by atoms with van der Waals surface area (Å²) in [4.78, 5) is 0. The Morgan fingerprint density at radius 1 is 1.37 bits per heavy atom. The van der Waals surface area contributed by atoms with Crippen LogP contribution in [0.1, 0.15) is 37.8 Å². The molecule has 0 saturated heterocycles. The molecule has 6 heteroatoms. The standard InChI is InChI=1S/C13H16BrClF3N/c1-2-7-19-12(5-6-13(16,17)18)9-3-4-11(15)10(14)8-9/h3-4,8,12,19H,2,5-7H2,1H3. The molecule has 0 aliphatic rings. The van der Waals surface area contributed by atoms with Crippen molar-refractivity contribution in [3.8, 4) is 0 Å². The van der Waals surface area contributed by atoms with Gasteiger partial charge < -0.3 is 5.32 Å². The Morgan fingerprint density at radius 3 is 2.58 bits per heavy atom. The third-order valence-corrected chi connectivity index (χ3v) is 3.92. The van der Waals surface area contributed by atoms with E-state index in [4.69, 9.17) is 11.6 Å². The van der Waals surface area contributed by atoms with Gasteiger partial charge in [-0.15, -0.1) is 0 Å².